The second-order valence-electron chi connectivity index (χ2n) is 2.52. The van der Waals surface area contributed by atoms with Crippen LogP contribution < -0.4 is 4.72 Å². The molecule has 0 aromatic heterocycles. The van der Waals surface area contributed by atoms with Crippen LogP contribution in [0.25, 0.3) is 0 Å². The standard InChI is InChI=1S/C8H8ClNO3S/c1-14(13)10-6-4-2-3-5(9)7(6)8(11)12/h2-4,10H,1H3,(H,11,12). The van der Waals surface area contributed by atoms with E-state index in [9.17, 15) is 9.00 Å². The number of benzene rings is 1. The zero-order valence-corrected chi connectivity index (χ0v) is 8.85. The van der Waals surface area contributed by atoms with Crippen LogP contribution in [0.1, 0.15) is 10.4 Å². The molecule has 2 N–H and O–H groups in total. The third-order valence-electron chi connectivity index (χ3n) is 1.48. The van der Waals surface area contributed by atoms with Crippen molar-refractivity contribution in [3.8, 4) is 0 Å². The highest BCUT2D eigenvalue weighted by atomic mass is 35.5. The first-order chi connectivity index (χ1) is 6.52. The van der Waals surface area contributed by atoms with Gasteiger partial charge in [0.05, 0.1) is 10.7 Å². The number of carboxylic acid groups (broad SMARTS) is 1. The van der Waals surface area contributed by atoms with Gasteiger partial charge in [-0.05, 0) is 12.1 Å². The molecule has 0 aliphatic heterocycles. The average molecular weight is 234 g/mol. The van der Waals surface area contributed by atoms with Crippen molar-refractivity contribution >= 4 is 34.2 Å². The van der Waals surface area contributed by atoms with Crippen LogP contribution in [0.4, 0.5) is 5.69 Å². The molecule has 14 heavy (non-hydrogen) atoms. The number of hydrogen-bond acceptors (Lipinski definition) is 2. The Labute approximate surface area is 88.5 Å². The number of halogens is 1. The quantitative estimate of drug-likeness (QED) is 0.836. The van der Waals surface area contributed by atoms with E-state index in [1.54, 1.807) is 6.07 Å². The van der Waals surface area contributed by atoms with Crippen molar-refractivity contribution in [1.82, 2.24) is 0 Å². The molecule has 4 nitrogen and oxygen atoms in total. The van der Waals surface area contributed by atoms with Crippen molar-refractivity contribution in [3.63, 3.8) is 0 Å². The molecule has 1 unspecified atom stereocenters. The van der Waals surface area contributed by atoms with Gasteiger partial charge in [-0.1, -0.05) is 17.7 Å². The Morgan fingerprint density at radius 3 is 2.71 bits per heavy atom. The van der Waals surface area contributed by atoms with Gasteiger partial charge in [-0.3, -0.25) is 0 Å². The van der Waals surface area contributed by atoms with Gasteiger partial charge in [-0.15, -0.1) is 0 Å². The van der Waals surface area contributed by atoms with Crippen LogP contribution >= 0.6 is 11.6 Å². The number of carbonyl (C=O) groups is 1. The largest absolute Gasteiger partial charge is 0.478 e. The van der Waals surface area contributed by atoms with E-state index in [0.717, 1.165) is 0 Å². The normalized spacial score (nSPS) is 12.1. The number of carboxylic acids is 1. The molecular formula is C8H8ClNO3S. The number of hydrogen-bond donors (Lipinski definition) is 2. The number of rotatable bonds is 3. The first-order valence-electron chi connectivity index (χ1n) is 3.64. The predicted octanol–water partition coefficient (Wildman–Crippen LogP) is 1.74. The van der Waals surface area contributed by atoms with E-state index < -0.39 is 17.0 Å². The maximum atomic E-state index is 10.9. The van der Waals surface area contributed by atoms with Crippen molar-refractivity contribution in [2.75, 3.05) is 11.0 Å². The minimum Gasteiger partial charge on any atom is -0.478 e. The minimum absolute atomic E-state index is 0.0654. The highest BCUT2D eigenvalue weighted by molar-refractivity contribution is 7.85. The van der Waals surface area contributed by atoms with Crippen LogP contribution in [0.3, 0.4) is 0 Å². The summed E-state index contributed by atoms with van der Waals surface area (Å²) in [6.07, 6.45) is 1.41. The molecular weight excluding hydrogens is 226 g/mol. The molecule has 0 spiro atoms. The van der Waals surface area contributed by atoms with Gasteiger partial charge in [0.1, 0.15) is 16.5 Å². The first-order valence-corrected chi connectivity index (χ1v) is 5.58. The lowest BCUT2D eigenvalue weighted by Crippen LogP contribution is -2.08. The molecule has 0 fully saturated rings. The Morgan fingerprint density at radius 1 is 1.57 bits per heavy atom. The molecule has 0 bridgehead atoms. The minimum atomic E-state index is -1.32. The van der Waals surface area contributed by atoms with E-state index >= 15 is 0 Å². The summed E-state index contributed by atoms with van der Waals surface area (Å²) in [7, 11) is -1.32. The van der Waals surface area contributed by atoms with Crippen molar-refractivity contribution in [2.24, 2.45) is 0 Å². The summed E-state index contributed by atoms with van der Waals surface area (Å²) in [5.41, 5.74) is 0.190. The van der Waals surface area contributed by atoms with Crippen LogP contribution in [-0.2, 0) is 11.0 Å². The number of anilines is 1. The molecule has 6 heteroatoms. The van der Waals surface area contributed by atoms with E-state index in [1.165, 1.54) is 18.4 Å². The molecule has 1 rings (SSSR count). The van der Waals surface area contributed by atoms with Gasteiger partial charge in [-0.25, -0.2) is 9.00 Å². The van der Waals surface area contributed by atoms with Gasteiger partial charge in [0.15, 0.2) is 0 Å². The van der Waals surface area contributed by atoms with Gasteiger partial charge in [0.25, 0.3) is 0 Å². The fourth-order valence-electron chi connectivity index (χ4n) is 0.981. The topological polar surface area (TPSA) is 66.4 Å². The van der Waals surface area contributed by atoms with Crippen LogP contribution in [-0.4, -0.2) is 21.5 Å². The van der Waals surface area contributed by atoms with E-state index in [0.29, 0.717) is 0 Å². The molecule has 1 aromatic rings. The van der Waals surface area contributed by atoms with Crippen LogP contribution in [0, 0.1) is 0 Å². The fraction of sp³-hybridized carbons (Fsp3) is 0.125. The lowest BCUT2D eigenvalue weighted by atomic mass is 10.2. The molecule has 0 aliphatic carbocycles. The van der Waals surface area contributed by atoms with Crippen LogP contribution in [0.15, 0.2) is 18.2 Å². The smallest absolute Gasteiger partial charge is 0.339 e. The van der Waals surface area contributed by atoms with E-state index in [2.05, 4.69) is 4.72 Å². The molecule has 0 amide bonds. The third kappa shape index (κ3) is 2.46. The zero-order chi connectivity index (χ0) is 10.7. The van der Waals surface area contributed by atoms with Crippen LogP contribution in [0.5, 0.6) is 0 Å². The van der Waals surface area contributed by atoms with Crippen molar-refractivity contribution in [3.05, 3.63) is 28.8 Å². The van der Waals surface area contributed by atoms with E-state index in [-0.39, 0.29) is 16.3 Å². The van der Waals surface area contributed by atoms with Crippen molar-refractivity contribution in [2.45, 2.75) is 0 Å². The lowest BCUT2D eigenvalue weighted by molar-refractivity contribution is 0.0698. The number of nitrogens with one attached hydrogen (secondary N) is 1. The van der Waals surface area contributed by atoms with E-state index in [1.807, 2.05) is 0 Å². The maximum absolute atomic E-state index is 10.9. The summed E-state index contributed by atoms with van der Waals surface area (Å²) in [4.78, 5) is 10.8. The second-order valence-corrected chi connectivity index (χ2v) is 4.04. The van der Waals surface area contributed by atoms with Crippen molar-refractivity contribution in [1.29, 1.82) is 0 Å². The molecule has 0 saturated carbocycles. The summed E-state index contributed by atoms with van der Waals surface area (Å²) in [5.74, 6) is -1.15. The Morgan fingerprint density at radius 2 is 2.21 bits per heavy atom. The zero-order valence-electron chi connectivity index (χ0n) is 7.28. The summed E-state index contributed by atoms with van der Waals surface area (Å²) in [6, 6.07) is 4.56. The second kappa shape index (κ2) is 4.43. The first kappa shape index (κ1) is 11.0. The third-order valence-corrected chi connectivity index (χ3v) is 2.30. The predicted molar refractivity (Wildman–Crippen MR) is 56.1 cm³/mol. The van der Waals surface area contributed by atoms with Crippen molar-refractivity contribution < 1.29 is 14.1 Å². The molecule has 0 heterocycles. The molecule has 0 aliphatic rings. The fourth-order valence-corrected chi connectivity index (χ4v) is 1.72. The summed E-state index contributed by atoms with van der Waals surface area (Å²) < 4.78 is 13.4. The molecule has 0 radical (unpaired) electrons. The maximum Gasteiger partial charge on any atom is 0.339 e. The highest BCUT2D eigenvalue weighted by Crippen LogP contribution is 2.24. The Kier molecular flexibility index (Phi) is 3.49. The molecule has 1 atom stereocenters. The Balaban J connectivity index is 3.21. The Bertz CT molecular complexity index is 394. The monoisotopic (exact) mass is 233 g/mol. The highest BCUT2D eigenvalue weighted by Gasteiger charge is 2.14. The van der Waals surface area contributed by atoms with Gasteiger partial charge >= 0.3 is 5.97 Å². The SMILES string of the molecule is CS(=O)Nc1cccc(Cl)c1C(=O)O. The summed E-state index contributed by atoms with van der Waals surface area (Å²) in [5, 5.41) is 8.95. The van der Waals surface area contributed by atoms with Gasteiger partial charge < -0.3 is 9.83 Å². The van der Waals surface area contributed by atoms with Gasteiger partial charge in [0, 0.05) is 6.26 Å². The molecule has 0 saturated heterocycles. The number of aromatic carboxylic acids is 1. The van der Waals surface area contributed by atoms with E-state index in [4.69, 9.17) is 16.7 Å². The molecule has 76 valence electrons. The Hall–Kier alpha value is -1.07. The summed E-state index contributed by atoms with van der Waals surface area (Å²) in [6.45, 7) is 0. The summed E-state index contributed by atoms with van der Waals surface area (Å²) >= 11 is 5.69. The lowest BCUT2D eigenvalue weighted by Gasteiger charge is -2.07. The van der Waals surface area contributed by atoms with Gasteiger partial charge in [-0.2, -0.15) is 0 Å². The molecule has 1 aromatic carbocycles. The van der Waals surface area contributed by atoms with Crippen LogP contribution in [0.2, 0.25) is 5.02 Å². The van der Waals surface area contributed by atoms with Gasteiger partial charge in [0.2, 0.25) is 0 Å². The average Bonchev–Trinajstić information content (AvgIpc) is 2.01.